The van der Waals surface area contributed by atoms with E-state index in [0.717, 1.165) is 61.9 Å². The van der Waals surface area contributed by atoms with Crippen LogP contribution in [0.3, 0.4) is 0 Å². The molecule has 2 aliphatic rings. The van der Waals surface area contributed by atoms with Crippen molar-refractivity contribution in [2.45, 2.75) is 64.0 Å². The molecule has 0 bridgehead atoms. The van der Waals surface area contributed by atoms with E-state index in [9.17, 15) is 4.79 Å². The lowest BCUT2D eigenvalue weighted by molar-refractivity contribution is 0.0731. The molecule has 0 aromatic carbocycles. The second kappa shape index (κ2) is 9.12. The summed E-state index contributed by atoms with van der Waals surface area (Å²) in [6.07, 6.45) is 15.4. The molecule has 8 heteroatoms. The normalized spacial score (nSPS) is 21.3. The highest BCUT2D eigenvalue weighted by Crippen LogP contribution is 2.32. The Labute approximate surface area is 187 Å². The zero-order chi connectivity index (χ0) is 21.2. The fraction of sp³-hybridized carbons (Fsp3) is 0.609. The van der Waals surface area contributed by atoms with Crippen molar-refractivity contribution >= 4 is 22.2 Å². The van der Waals surface area contributed by atoms with Crippen LogP contribution < -0.4 is 0 Å². The van der Waals surface area contributed by atoms with Gasteiger partial charge in [-0.05, 0) is 32.2 Å². The van der Waals surface area contributed by atoms with E-state index < -0.39 is 0 Å². The molecule has 0 unspecified atom stereocenters. The van der Waals surface area contributed by atoms with Gasteiger partial charge in [0.2, 0.25) is 0 Å². The van der Waals surface area contributed by atoms with Gasteiger partial charge in [-0.15, -0.1) is 11.3 Å². The number of nitrogens with zero attached hydrogens (tertiary/aromatic N) is 6. The molecule has 2 fully saturated rings. The number of imidazole rings is 2. The lowest BCUT2D eigenvalue weighted by Gasteiger charge is -2.35. The molecule has 0 saturated carbocycles. The first-order valence-electron chi connectivity index (χ1n) is 11.7. The largest absolute Gasteiger partial charge is 0.337 e. The summed E-state index contributed by atoms with van der Waals surface area (Å²) in [6, 6.07) is 0.280. The fourth-order valence-corrected chi connectivity index (χ4v) is 5.85. The molecule has 7 nitrogen and oxygen atoms in total. The monoisotopic (exact) mass is 440 g/mol. The van der Waals surface area contributed by atoms with E-state index in [-0.39, 0.29) is 11.9 Å². The third kappa shape index (κ3) is 4.15. The van der Waals surface area contributed by atoms with Crippen molar-refractivity contribution in [3.63, 3.8) is 0 Å². The SMILES string of the molecule is Cn1ccnc1[C@@H]1CCCCN1Cc1c(C(=O)N2CCCCCCC2)nc2sccn12. The molecule has 1 amide bonds. The van der Waals surface area contributed by atoms with Crippen LogP contribution in [0.2, 0.25) is 0 Å². The van der Waals surface area contributed by atoms with Crippen molar-refractivity contribution < 1.29 is 4.79 Å². The van der Waals surface area contributed by atoms with Crippen LogP contribution in [-0.2, 0) is 13.6 Å². The Bertz CT molecular complexity index is 1030. The number of thiazole rings is 1. The van der Waals surface area contributed by atoms with Crippen LogP contribution >= 0.6 is 11.3 Å². The summed E-state index contributed by atoms with van der Waals surface area (Å²) in [7, 11) is 2.07. The van der Waals surface area contributed by atoms with E-state index in [4.69, 9.17) is 4.98 Å². The van der Waals surface area contributed by atoms with Crippen LogP contribution in [0.1, 0.15) is 79.4 Å². The summed E-state index contributed by atoms with van der Waals surface area (Å²) < 4.78 is 4.26. The minimum Gasteiger partial charge on any atom is -0.337 e. The molecule has 1 atom stereocenters. The van der Waals surface area contributed by atoms with Gasteiger partial charge < -0.3 is 9.47 Å². The molecule has 0 spiro atoms. The number of amides is 1. The van der Waals surface area contributed by atoms with Crippen LogP contribution in [0.4, 0.5) is 0 Å². The van der Waals surface area contributed by atoms with Gasteiger partial charge in [0, 0.05) is 50.7 Å². The molecule has 0 N–H and O–H groups in total. The highest BCUT2D eigenvalue weighted by atomic mass is 32.1. The lowest BCUT2D eigenvalue weighted by Crippen LogP contribution is -2.37. The number of carbonyl (C=O) groups is 1. The molecule has 2 saturated heterocycles. The Balaban J connectivity index is 1.45. The summed E-state index contributed by atoms with van der Waals surface area (Å²) in [6.45, 7) is 3.45. The van der Waals surface area contributed by atoms with E-state index in [2.05, 4.69) is 37.5 Å². The van der Waals surface area contributed by atoms with Crippen molar-refractivity contribution in [1.29, 1.82) is 0 Å². The number of aromatic nitrogens is 4. The lowest BCUT2D eigenvalue weighted by atomic mass is 10.0. The zero-order valence-corrected chi connectivity index (χ0v) is 19.2. The van der Waals surface area contributed by atoms with Crippen molar-refractivity contribution in [2.24, 2.45) is 7.05 Å². The maximum absolute atomic E-state index is 13.6. The van der Waals surface area contributed by atoms with Gasteiger partial charge in [-0.1, -0.05) is 25.7 Å². The van der Waals surface area contributed by atoms with E-state index in [1.165, 1.54) is 32.1 Å². The van der Waals surface area contributed by atoms with E-state index in [1.807, 2.05) is 17.3 Å². The maximum Gasteiger partial charge on any atom is 0.274 e. The molecule has 3 aromatic rings. The number of fused-ring (bicyclic) bond motifs is 1. The van der Waals surface area contributed by atoms with Crippen molar-refractivity contribution in [3.05, 3.63) is 41.2 Å². The first-order chi connectivity index (χ1) is 15.2. The van der Waals surface area contributed by atoms with Crippen LogP contribution in [0.15, 0.2) is 24.0 Å². The standard InChI is InChI=1S/C23H32N6OS/c1-26-14-10-24-21(26)18-9-5-8-13-28(18)17-19-20(25-23-29(19)15-16-31-23)22(30)27-11-6-3-2-4-7-12-27/h10,14-16,18H,2-9,11-13,17H2,1H3/t18-/m0/s1. The summed E-state index contributed by atoms with van der Waals surface area (Å²) in [4.78, 5) is 28.5. The summed E-state index contributed by atoms with van der Waals surface area (Å²) in [5, 5.41) is 2.06. The van der Waals surface area contributed by atoms with Crippen molar-refractivity contribution in [2.75, 3.05) is 19.6 Å². The second-order valence-corrected chi connectivity index (χ2v) is 9.77. The van der Waals surface area contributed by atoms with Crippen LogP contribution in [0, 0.1) is 0 Å². The van der Waals surface area contributed by atoms with Gasteiger partial charge >= 0.3 is 0 Å². The molecule has 5 heterocycles. The predicted octanol–water partition coefficient (Wildman–Crippen LogP) is 4.26. The molecule has 2 aliphatic heterocycles. The highest BCUT2D eigenvalue weighted by Gasteiger charge is 2.31. The maximum atomic E-state index is 13.6. The molecular weight excluding hydrogens is 408 g/mol. The fourth-order valence-electron chi connectivity index (χ4n) is 5.12. The molecular formula is C23H32N6OS. The van der Waals surface area contributed by atoms with Gasteiger partial charge in [-0.25, -0.2) is 9.97 Å². The highest BCUT2D eigenvalue weighted by molar-refractivity contribution is 7.15. The van der Waals surface area contributed by atoms with E-state index in [1.54, 1.807) is 11.3 Å². The molecule has 3 aromatic heterocycles. The third-order valence-electron chi connectivity index (χ3n) is 6.83. The van der Waals surface area contributed by atoms with Crippen LogP contribution in [0.25, 0.3) is 4.96 Å². The first kappa shape index (κ1) is 20.7. The Morgan fingerprint density at radius 3 is 2.61 bits per heavy atom. The number of aryl methyl sites for hydroxylation is 1. The van der Waals surface area contributed by atoms with Gasteiger partial charge in [0.05, 0.1) is 11.7 Å². The van der Waals surface area contributed by atoms with Crippen LogP contribution in [0.5, 0.6) is 0 Å². The van der Waals surface area contributed by atoms with E-state index in [0.29, 0.717) is 5.69 Å². The smallest absolute Gasteiger partial charge is 0.274 e. The number of likely N-dealkylation sites (tertiary alicyclic amines) is 2. The quantitative estimate of drug-likeness (QED) is 0.608. The Kier molecular flexibility index (Phi) is 6.09. The molecule has 0 aliphatic carbocycles. The minimum atomic E-state index is 0.110. The third-order valence-corrected chi connectivity index (χ3v) is 7.59. The van der Waals surface area contributed by atoms with Gasteiger partial charge in [0.1, 0.15) is 5.82 Å². The number of hydrogen-bond acceptors (Lipinski definition) is 5. The first-order valence-corrected chi connectivity index (χ1v) is 12.6. The van der Waals surface area contributed by atoms with Gasteiger partial charge in [0.15, 0.2) is 10.7 Å². The van der Waals surface area contributed by atoms with Gasteiger partial charge in [-0.2, -0.15) is 0 Å². The zero-order valence-electron chi connectivity index (χ0n) is 18.4. The molecule has 5 rings (SSSR count). The van der Waals surface area contributed by atoms with Crippen molar-refractivity contribution in [1.82, 2.24) is 28.7 Å². The minimum absolute atomic E-state index is 0.110. The number of rotatable bonds is 4. The number of carbonyl (C=O) groups excluding carboxylic acids is 1. The van der Waals surface area contributed by atoms with Crippen LogP contribution in [-0.4, -0.2) is 54.3 Å². The topological polar surface area (TPSA) is 58.7 Å². The average Bonchev–Trinajstić information content (AvgIpc) is 3.45. The van der Waals surface area contributed by atoms with Gasteiger partial charge in [-0.3, -0.25) is 14.1 Å². The molecule has 31 heavy (non-hydrogen) atoms. The Hall–Kier alpha value is -2.19. The summed E-state index contributed by atoms with van der Waals surface area (Å²) in [5.74, 6) is 1.22. The molecule has 0 radical (unpaired) electrons. The average molecular weight is 441 g/mol. The predicted molar refractivity (Wildman–Crippen MR) is 122 cm³/mol. The molecule has 166 valence electrons. The van der Waals surface area contributed by atoms with Crippen molar-refractivity contribution in [3.8, 4) is 0 Å². The summed E-state index contributed by atoms with van der Waals surface area (Å²) in [5.41, 5.74) is 1.68. The number of piperidine rings is 1. The summed E-state index contributed by atoms with van der Waals surface area (Å²) >= 11 is 1.60. The number of hydrogen-bond donors (Lipinski definition) is 0. The Morgan fingerprint density at radius 2 is 1.84 bits per heavy atom. The van der Waals surface area contributed by atoms with Gasteiger partial charge in [0.25, 0.3) is 5.91 Å². The Morgan fingerprint density at radius 1 is 1.06 bits per heavy atom. The van der Waals surface area contributed by atoms with E-state index >= 15 is 0 Å². The second-order valence-electron chi connectivity index (χ2n) is 8.90.